The van der Waals surface area contributed by atoms with E-state index in [4.69, 9.17) is 16.3 Å². The first-order valence-corrected chi connectivity index (χ1v) is 10.7. The first-order chi connectivity index (χ1) is 14.8. The Bertz CT molecular complexity index is 960. The average molecular weight is 446 g/mol. The van der Waals surface area contributed by atoms with Crippen molar-refractivity contribution in [3.05, 3.63) is 52.5 Å². The Hall–Kier alpha value is -2.93. The van der Waals surface area contributed by atoms with Crippen LogP contribution in [0.1, 0.15) is 42.6 Å². The summed E-state index contributed by atoms with van der Waals surface area (Å²) in [5, 5.41) is 15.8. The molecule has 0 unspecified atom stereocenters. The number of aromatic hydroxyl groups is 1. The van der Waals surface area contributed by atoms with Crippen LogP contribution in [0.15, 0.2) is 36.4 Å². The second-order valence-electron chi connectivity index (χ2n) is 8.09. The summed E-state index contributed by atoms with van der Waals surface area (Å²) in [5.74, 6) is 0.522. The lowest BCUT2D eigenvalue weighted by molar-refractivity contribution is 0.0949. The van der Waals surface area contributed by atoms with Gasteiger partial charge in [-0.15, -0.1) is 0 Å². The zero-order chi connectivity index (χ0) is 22.5. The maximum Gasteiger partial charge on any atom is 0.322 e. The Kier molecular flexibility index (Phi) is 7.28. The summed E-state index contributed by atoms with van der Waals surface area (Å²) in [5.41, 5.74) is 1.74. The van der Waals surface area contributed by atoms with Gasteiger partial charge in [0.25, 0.3) is 5.91 Å². The number of nitrogens with zero attached hydrogens (tertiary/aromatic N) is 1. The van der Waals surface area contributed by atoms with Crippen molar-refractivity contribution in [3.63, 3.8) is 0 Å². The lowest BCUT2D eigenvalue weighted by Crippen LogP contribution is -2.36. The summed E-state index contributed by atoms with van der Waals surface area (Å²) >= 11 is 6.29. The summed E-state index contributed by atoms with van der Waals surface area (Å²) in [7, 11) is 1.49. The normalized spacial score (nSPS) is 13.1. The fourth-order valence-corrected chi connectivity index (χ4v) is 3.40. The standard InChI is InChI=1S/C23H28ClN3O4/c1-14(2)12-25-22(29)18-8-5-16(11-19(18)24)26-23(30)27(17-6-7-17)13-15-4-9-20(28)21(10-15)31-3/h4-5,8-11,14,17,28H,6-7,12-13H2,1-3H3,(H,25,29)(H,26,30). The van der Waals surface area contributed by atoms with E-state index in [1.165, 1.54) is 7.11 Å². The number of carbonyl (C=O) groups is 2. The second kappa shape index (κ2) is 9.92. The first-order valence-electron chi connectivity index (χ1n) is 10.3. The molecule has 0 bridgehead atoms. The molecule has 3 N–H and O–H groups in total. The summed E-state index contributed by atoms with van der Waals surface area (Å²) in [4.78, 5) is 27.0. The fraction of sp³-hybridized carbons (Fsp3) is 0.391. The molecule has 31 heavy (non-hydrogen) atoms. The lowest BCUT2D eigenvalue weighted by Gasteiger charge is -2.23. The van der Waals surface area contributed by atoms with Crippen LogP contribution in [0.4, 0.5) is 10.5 Å². The average Bonchev–Trinajstić information content (AvgIpc) is 3.56. The van der Waals surface area contributed by atoms with E-state index in [9.17, 15) is 14.7 Å². The number of hydrogen-bond donors (Lipinski definition) is 3. The molecular formula is C23H28ClN3O4. The molecule has 1 aliphatic carbocycles. The van der Waals surface area contributed by atoms with Crippen molar-refractivity contribution >= 4 is 29.2 Å². The number of halogens is 1. The van der Waals surface area contributed by atoms with E-state index < -0.39 is 0 Å². The van der Waals surface area contributed by atoms with E-state index >= 15 is 0 Å². The molecule has 3 amide bonds. The molecule has 0 aromatic heterocycles. The van der Waals surface area contributed by atoms with Gasteiger partial charge in [-0.1, -0.05) is 31.5 Å². The molecule has 1 aliphatic rings. The van der Waals surface area contributed by atoms with Crippen LogP contribution in [0.5, 0.6) is 11.5 Å². The Morgan fingerprint density at radius 3 is 2.58 bits per heavy atom. The lowest BCUT2D eigenvalue weighted by atomic mass is 10.1. The molecular weight excluding hydrogens is 418 g/mol. The third kappa shape index (κ3) is 6.04. The fourth-order valence-electron chi connectivity index (χ4n) is 3.13. The predicted octanol–water partition coefficient (Wildman–Crippen LogP) is 4.64. The van der Waals surface area contributed by atoms with E-state index in [0.717, 1.165) is 18.4 Å². The van der Waals surface area contributed by atoms with E-state index in [1.807, 2.05) is 13.8 Å². The van der Waals surface area contributed by atoms with Gasteiger partial charge in [-0.2, -0.15) is 0 Å². The third-order valence-electron chi connectivity index (χ3n) is 4.98. The van der Waals surface area contributed by atoms with Crippen LogP contribution in [0.2, 0.25) is 5.02 Å². The van der Waals surface area contributed by atoms with E-state index in [1.54, 1.807) is 41.3 Å². The number of rotatable bonds is 8. The summed E-state index contributed by atoms with van der Waals surface area (Å²) in [6, 6.07) is 9.82. The number of benzene rings is 2. The number of urea groups is 1. The highest BCUT2D eigenvalue weighted by molar-refractivity contribution is 6.34. The number of anilines is 1. The van der Waals surface area contributed by atoms with Gasteiger partial charge in [0.2, 0.25) is 0 Å². The van der Waals surface area contributed by atoms with Gasteiger partial charge in [-0.05, 0) is 54.7 Å². The Morgan fingerprint density at radius 1 is 1.23 bits per heavy atom. The SMILES string of the molecule is COc1cc(CN(C(=O)Nc2ccc(C(=O)NCC(C)C)c(Cl)c2)C2CC2)ccc1O. The number of hydrogen-bond acceptors (Lipinski definition) is 4. The van der Waals surface area contributed by atoms with Gasteiger partial charge in [0.15, 0.2) is 11.5 Å². The van der Waals surface area contributed by atoms with Gasteiger partial charge in [0.05, 0.1) is 17.7 Å². The van der Waals surface area contributed by atoms with Crippen molar-refractivity contribution in [3.8, 4) is 11.5 Å². The summed E-state index contributed by atoms with van der Waals surface area (Å²) in [6.07, 6.45) is 1.89. The van der Waals surface area contributed by atoms with Crippen molar-refractivity contribution in [2.24, 2.45) is 5.92 Å². The number of carbonyl (C=O) groups excluding carboxylic acids is 2. The predicted molar refractivity (Wildman–Crippen MR) is 121 cm³/mol. The van der Waals surface area contributed by atoms with Crippen molar-refractivity contribution in [2.75, 3.05) is 19.0 Å². The maximum atomic E-state index is 12.9. The number of methoxy groups -OCH3 is 1. The summed E-state index contributed by atoms with van der Waals surface area (Å²) in [6.45, 7) is 4.98. The van der Waals surface area contributed by atoms with E-state index in [2.05, 4.69) is 10.6 Å². The number of ether oxygens (including phenoxy) is 1. The van der Waals surface area contributed by atoms with Crippen LogP contribution in [0, 0.1) is 5.92 Å². The molecule has 166 valence electrons. The number of phenols is 1. The number of nitrogens with one attached hydrogen (secondary N) is 2. The molecule has 0 heterocycles. The molecule has 7 nitrogen and oxygen atoms in total. The topological polar surface area (TPSA) is 90.9 Å². The van der Waals surface area contributed by atoms with Gasteiger partial charge in [0, 0.05) is 24.8 Å². The summed E-state index contributed by atoms with van der Waals surface area (Å²) < 4.78 is 5.16. The largest absolute Gasteiger partial charge is 0.504 e. The van der Waals surface area contributed by atoms with Gasteiger partial charge in [-0.3, -0.25) is 4.79 Å². The molecule has 0 aliphatic heterocycles. The highest BCUT2D eigenvalue weighted by Gasteiger charge is 2.33. The second-order valence-corrected chi connectivity index (χ2v) is 8.50. The van der Waals surface area contributed by atoms with Gasteiger partial charge < -0.3 is 25.4 Å². The Balaban J connectivity index is 1.68. The van der Waals surface area contributed by atoms with E-state index in [0.29, 0.717) is 36.0 Å². The Labute approximate surface area is 187 Å². The molecule has 2 aromatic rings. The van der Waals surface area contributed by atoms with Crippen LogP contribution in [0.3, 0.4) is 0 Å². The number of phenolic OH excluding ortho intramolecular Hbond substituents is 1. The van der Waals surface area contributed by atoms with Crippen LogP contribution < -0.4 is 15.4 Å². The van der Waals surface area contributed by atoms with Crippen LogP contribution in [0.25, 0.3) is 0 Å². The van der Waals surface area contributed by atoms with Gasteiger partial charge >= 0.3 is 6.03 Å². The minimum Gasteiger partial charge on any atom is -0.504 e. The van der Waals surface area contributed by atoms with Crippen molar-refractivity contribution in [1.82, 2.24) is 10.2 Å². The number of amides is 3. The van der Waals surface area contributed by atoms with Crippen LogP contribution >= 0.6 is 11.6 Å². The monoisotopic (exact) mass is 445 g/mol. The van der Waals surface area contributed by atoms with Gasteiger partial charge in [-0.25, -0.2) is 4.79 Å². The van der Waals surface area contributed by atoms with Crippen molar-refractivity contribution in [1.29, 1.82) is 0 Å². The smallest absolute Gasteiger partial charge is 0.322 e. The highest BCUT2D eigenvalue weighted by atomic mass is 35.5. The zero-order valence-electron chi connectivity index (χ0n) is 17.9. The van der Waals surface area contributed by atoms with E-state index in [-0.39, 0.29) is 28.8 Å². The molecule has 0 radical (unpaired) electrons. The van der Waals surface area contributed by atoms with Crippen LogP contribution in [-0.4, -0.2) is 41.6 Å². The maximum absolute atomic E-state index is 12.9. The van der Waals surface area contributed by atoms with Crippen LogP contribution in [-0.2, 0) is 6.54 Å². The molecule has 0 spiro atoms. The highest BCUT2D eigenvalue weighted by Crippen LogP contribution is 2.32. The minimum absolute atomic E-state index is 0.0563. The molecule has 0 atom stereocenters. The van der Waals surface area contributed by atoms with Crippen molar-refractivity contribution in [2.45, 2.75) is 39.3 Å². The first kappa shape index (κ1) is 22.7. The molecule has 0 saturated heterocycles. The minimum atomic E-state index is -0.248. The molecule has 1 fully saturated rings. The zero-order valence-corrected chi connectivity index (χ0v) is 18.7. The Morgan fingerprint density at radius 2 is 1.97 bits per heavy atom. The van der Waals surface area contributed by atoms with Crippen molar-refractivity contribution < 1.29 is 19.4 Å². The molecule has 8 heteroatoms. The quantitative estimate of drug-likeness (QED) is 0.552. The third-order valence-corrected chi connectivity index (χ3v) is 5.29. The molecule has 1 saturated carbocycles. The molecule has 2 aromatic carbocycles. The van der Waals surface area contributed by atoms with Gasteiger partial charge in [0.1, 0.15) is 0 Å². The molecule has 3 rings (SSSR count).